The maximum Gasteiger partial charge on any atom is 0.255 e. The summed E-state index contributed by atoms with van der Waals surface area (Å²) in [6, 6.07) is 13.1. The van der Waals surface area contributed by atoms with Crippen LogP contribution >= 0.6 is 23.8 Å². The third kappa shape index (κ3) is 4.29. The van der Waals surface area contributed by atoms with E-state index in [0.29, 0.717) is 21.4 Å². The van der Waals surface area contributed by atoms with Gasteiger partial charge in [-0.15, -0.1) is 0 Å². The number of nitrogens with one attached hydrogen (secondary N) is 3. The fourth-order valence-corrected chi connectivity index (χ4v) is 3.57. The minimum Gasteiger partial charge on any atom is -0.378 e. The Kier molecular flexibility index (Phi) is 5.91. The van der Waals surface area contributed by atoms with Crippen molar-refractivity contribution in [2.45, 2.75) is 19.9 Å². The van der Waals surface area contributed by atoms with Crippen molar-refractivity contribution in [3.63, 3.8) is 0 Å². The van der Waals surface area contributed by atoms with Gasteiger partial charge in [0, 0.05) is 36.2 Å². The van der Waals surface area contributed by atoms with E-state index in [1.54, 1.807) is 12.1 Å². The van der Waals surface area contributed by atoms with Crippen LogP contribution in [0.1, 0.15) is 24.1 Å². The summed E-state index contributed by atoms with van der Waals surface area (Å²) in [5.41, 5.74) is 4.99. The molecule has 0 radical (unpaired) electrons. The number of hydrogen-bond donors (Lipinski definition) is 3. The van der Waals surface area contributed by atoms with Crippen LogP contribution < -0.4 is 20.9 Å². The van der Waals surface area contributed by atoms with E-state index in [2.05, 4.69) is 16.0 Å². The predicted octanol–water partition coefficient (Wildman–Crippen LogP) is 4.15. The Labute approximate surface area is 175 Å². The SMILES string of the molecule is CC1=C(C(=O)Nc2cc(Cl)ccc2C)C(c2ccc(N(C)C)cc2)NC(=S)N1. The quantitative estimate of drug-likeness (QED) is 0.656. The van der Waals surface area contributed by atoms with E-state index in [4.69, 9.17) is 23.8 Å². The number of anilines is 2. The van der Waals surface area contributed by atoms with Crippen LogP contribution in [0.5, 0.6) is 0 Å². The lowest BCUT2D eigenvalue weighted by molar-refractivity contribution is -0.113. The van der Waals surface area contributed by atoms with Crippen LogP contribution in [-0.4, -0.2) is 25.1 Å². The van der Waals surface area contributed by atoms with Crippen LogP contribution in [0.15, 0.2) is 53.7 Å². The fourth-order valence-electron chi connectivity index (χ4n) is 3.13. The predicted molar refractivity (Wildman–Crippen MR) is 120 cm³/mol. The molecule has 1 aliphatic heterocycles. The van der Waals surface area contributed by atoms with Crippen LogP contribution in [0.4, 0.5) is 11.4 Å². The molecule has 1 amide bonds. The van der Waals surface area contributed by atoms with Crippen molar-refractivity contribution in [2.75, 3.05) is 24.3 Å². The maximum atomic E-state index is 13.2. The third-order valence-corrected chi connectivity index (χ3v) is 5.16. The number of halogens is 1. The molecule has 1 atom stereocenters. The Morgan fingerprint density at radius 3 is 2.46 bits per heavy atom. The van der Waals surface area contributed by atoms with E-state index in [0.717, 1.165) is 22.5 Å². The Balaban J connectivity index is 1.95. The molecule has 1 unspecified atom stereocenters. The van der Waals surface area contributed by atoms with Crippen molar-refractivity contribution in [3.05, 3.63) is 69.9 Å². The topological polar surface area (TPSA) is 56.4 Å². The van der Waals surface area contributed by atoms with Gasteiger partial charge in [0.1, 0.15) is 0 Å². The second-order valence-electron chi connectivity index (χ2n) is 6.97. The van der Waals surface area contributed by atoms with Gasteiger partial charge in [0.05, 0.1) is 11.6 Å². The van der Waals surface area contributed by atoms with Crippen LogP contribution in [0, 0.1) is 6.92 Å². The number of allylic oxidation sites excluding steroid dienone is 1. The summed E-state index contributed by atoms with van der Waals surface area (Å²) in [6.45, 7) is 3.78. The van der Waals surface area contributed by atoms with Gasteiger partial charge < -0.3 is 20.9 Å². The molecule has 146 valence electrons. The summed E-state index contributed by atoms with van der Waals surface area (Å²) >= 11 is 11.4. The molecule has 0 spiro atoms. The summed E-state index contributed by atoms with van der Waals surface area (Å²) in [7, 11) is 3.98. The zero-order valence-corrected chi connectivity index (χ0v) is 17.8. The van der Waals surface area contributed by atoms with E-state index in [1.165, 1.54) is 0 Å². The molecular weight excluding hydrogens is 392 g/mol. The molecule has 1 aliphatic rings. The minimum atomic E-state index is -0.343. The van der Waals surface area contributed by atoms with Gasteiger partial charge >= 0.3 is 0 Å². The molecule has 1 heterocycles. The van der Waals surface area contributed by atoms with Gasteiger partial charge in [0.2, 0.25) is 0 Å². The van der Waals surface area contributed by atoms with E-state index in [1.807, 2.05) is 63.2 Å². The lowest BCUT2D eigenvalue weighted by atomic mass is 9.94. The monoisotopic (exact) mass is 414 g/mol. The Morgan fingerprint density at radius 1 is 1.14 bits per heavy atom. The van der Waals surface area contributed by atoms with Gasteiger partial charge in [-0.1, -0.05) is 29.8 Å². The minimum absolute atomic E-state index is 0.202. The first-order valence-corrected chi connectivity index (χ1v) is 9.68. The highest BCUT2D eigenvalue weighted by molar-refractivity contribution is 7.80. The zero-order valence-electron chi connectivity index (χ0n) is 16.3. The van der Waals surface area contributed by atoms with Gasteiger partial charge in [-0.2, -0.15) is 0 Å². The number of amides is 1. The highest BCUT2D eigenvalue weighted by atomic mass is 35.5. The third-order valence-electron chi connectivity index (χ3n) is 4.70. The molecule has 0 bridgehead atoms. The van der Waals surface area contributed by atoms with Gasteiger partial charge in [-0.05, 0) is 61.5 Å². The molecule has 5 nitrogen and oxygen atoms in total. The number of nitrogens with zero attached hydrogens (tertiary/aromatic N) is 1. The van der Waals surface area contributed by atoms with E-state index < -0.39 is 0 Å². The second kappa shape index (κ2) is 8.20. The highest BCUT2D eigenvalue weighted by Crippen LogP contribution is 2.30. The van der Waals surface area contributed by atoms with Crippen molar-refractivity contribution in [2.24, 2.45) is 0 Å². The molecule has 0 fully saturated rings. The standard InChI is InChI=1S/C21H23ClN4OS/c1-12-5-8-15(22)11-17(12)24-20(27)18-13(2)23-21(28)25-19(18)14-6-9-16(10-7-14)26(3)4/h5-11,19H,1-4H3,(H,24,27)(H2,23,25,28). The summed E-state index contributed by atoms with van der Waals surface area (Å²) in [4.78, 5) is 15.2. The summed E-state index contributed by atoms with van der Waals surface area (Å²) in [6.07, 6.45) is 0. The van der Waals surface area contributed by atoms with Crippen molar-refractivity contribution < 1.29 is 4.79 Å². The largest absolute Gasteiger partial charge is 0.378 e. The molecule has 0 aliphatic carbocycles. The summed E-state index contributed by atoms with van der Waals surface area (Å²) < 4.78 is 0. The van der Waals surface area contributed by atoms with Crippen molar-refractivity contribution in [1.82, 2.24) is 10.6 Å². The van der Waals surface area contributed by atoms with Crippen LogP contribution in [0.3, 0.4) is 0 Å². The molecule has 0 saturated heterocycles. The molecule has 0 saturated carbocycles. The molecule has 2 aromatic rings. The smallest absolute Gasteiger partial charge is 0.255 e. The molecule has 7 heteroatoms. The number of benzene rings is 2. The van der Waals surface area contributed by atoms with Crippen molar-refractivity contribution >= 4 is 46.2 Å². The summed E-state index contributed by atoms with van der Waals surface area (Å²) in [5.74, 6) is -0.202. The van der Waals surface area contributed by atoms with Gasteiger partial charge in [0.15, 0.2) is 5.11 Å². The first-order valence-electron chi connectivity index (χ1n) is 8.89. The molecule has 3 N–H and O–H groups in total. The van der Waals surface area contributed by atoms with Crippen LogP contribution in [-0.2, 0) is 4.79 Å². The normalized spacial score (nSPS) is 16.3. The zero-order chi connectivity index (χ0) is 20.4. The molecule has 0 aromatic heterocycles. The van der Waals surface area contributed by atoms with Crippen molar-refractivity contribution in [1.29, 1.82) is 0 Å². The fraction of sp³-hybridized carbons (Fsp3) is 0.238. The van der Waals surface area contributed by atoms with E-state index >= 15 is 0 Å². The lowest BCUT2D eigenvalue weighted by Gasteiger charge is -2.30. The molecular formula is C21H23ClN4OS. The lowest BCUT2D eigenvalue weighted by Crippen LogP contribution is -2.45. The Bertz CT molecular complexity index is 953. The van der Waals surface area contributed by atoms with Gasteiger partial charge in [-0.3, -0.25) is 4.79 Å². The molecule has 2 aromatic carbocycles. The van der Waals surface area contributed by atoms with E-state index in [-0.39, 0.29) is 11.9 Å². The number of rotatable bonds is 4. The average Bonchev–Trinajstić information content (AvgIpc) is 2.64. The number of carbonyl (C=O) groups excluding carboxylic acids is 1. The Hall–Kier alpha value is -2.57. The number of carbonyl (C=O) groups is 1. The van der Waals surface area contributed by atoms with E-state index in [9.17, 15) is 4.79 Å². The molecule has 28 heavy (non-hydrogen) atoms. The summed E-state index contributed by atoms with van der Waals surface area (Å²) in [5, 5.41) is 10.3. The number of thiocarbonyl (C=S) groups is 1. The Morgan fingerprint density at radius 2 is 1.82 bits per heavy atom. The second-order valence-corrected chi connectivity index (χ2v) is 7.81. The number of aryl methyl sites for hydroxylation is 1. The average molecular weight is 415 g/mol. The van der Waals surface area contributed by atoms with Gasteiger partial charge in [-0.25, -0.2) is 0 Å². The van der Waals surface area contributed by atoms with Crippen LogP contribution in [0.2, 0.25) is 5.02 Å². The van der Waals surface area contributed by atoms with Gasteiger partial charge in [0.25, 0.3) is 5.91 Å². The maximum absolute atomic E-state index is 13.2. The first-order chi connectivity index (χ1) is 13.3. The number of hydrogen-bond acceptors (Lipinski definition) is 3. The highest BCUT2D eigenvalue weighted by Gasteiger charge is 2.30. The van der Waals surface area contributed by atoms with Crippen LogP contribution in [0.25, 0.3) is 0 Å². The molecule has 3 rings (SSSR count). The first kappa shape index (κ1) is 20.2. The van der Waals surface area contributed by atoms with Crippen molar-refractivity contribution in [3.8, 4) is 0 Å².